The number of hydrogen-bond acceptors (Lipinski definition) is 8. The summed E-state index contributed by atoms with van der Waals surface area (Å²) in [7, 11) is -4.05. The second-order valence-corrected chi connectivity index (χ2v) is 11.4. The van der Waals surface area contributed by atoms with Gasteiger partial charge >= 0.3 is 0 Å². The van der Waals surface area contributed by atoms with Gasteiger partial charge in [-0.1, -0.05) is 54.1 Å². The van der Waals surface area contributed by atoms with Crippen molar-refractivity contribution in [1.82, 2.24) is 9.88 Å². The molecular formula is C28H26ClN3O5S. The standard InChI is InChI=1S/C28H26ClN3O5S/c29-23-9-5-4-8-22(23)26-30-27(38(33,34)21-10-11-24-25(18-21)36-17-16-35-24)28(37-26)32-14-12-31(13-15-32)19-20-6-2-1-3-7-20/h1-11,18H,12-17,19H2. The Morgan fingerprint density at radius 1 is 0.842 bits per heavy atom. The Morgan fingerprint density at radius 2 is 1.55 bits per heavy atom. The number of fused-ring (bicyclic) bond motifs is 1. The van der Waals surface area contributed by atoms with Crippen LogP contribution in [-0.2, 0) is 16.4 Å². The first-order chi connectivity index (χ1) is 18.5. The van der Waals surface area contributed by atoms with E-state index >= 15 is 0 Å². The van der Waals surface area contributed by atoms with Crippen LogP contribution in [0.2, 0.25) is 5.02 Å². The van der Waals surface area contributed by atoms with Crippen molar-refractivity contribution in [3.63, 3.8) is 0 Å². The largest absolute Gasteiger partial charge is 0.486 e. The average molecular weight is 552 g/mol. The van der Waals surface area contributed by atoms with Crippen LogP contribution in [0.5, 0.6) is 11.5 Å². The van der Waals surface area contributed by atoms with Crippen molar-refractivity contribution >= 4 is 27.3 Å². The molecule has 0 amide bonds. The van der Waals surface area contributed by atoms with Crippen LogP contribution >= 0.6 is 11.6 Å². The molecule has 10 heteroatoms. The number of oxazole rings is 1. The molecule has 4 aromatic rings. The third-order valence-corrected chi connectivity index (χ3v) is 8.65. The highest BCUT2D eigenvalue weighted by Gasteiger charge is 2.34. The van der Waals surface area contributed by atoms with E-state index in [-0.39, 0.29) is 21.7 Å². The molecule has 3 heterocycles. The number of benzene rings is 3. The zero-order valence-corrected chi connectivity index (χ0v) is 22.1. The van der Waals surface area contributed by atoms with E-state index in [2.05, 4.69) is 22.0 Å². The first-order valence-corrected chi connectivity index (χ1v) is 14.3. The molecule has 0 saturated carbocycles. The summed E-state index contributed by atoms with van der Waals surface area (Å²) in [5, 5.41) is 0.289. The van der Waals surface area contributed by atoms with Crippen molar-refractivity contribution in [1.29, 1.82) is 0 Å². The van der Waals surface area contributed by atoms with E-state index in [0.717, 1.165) is 19.6 Å². The van der Waals surface area contributed by atoms with Crippen LogP contribution in [0, 0.1) is 0 Å². The van der Waals surface area contributed by atoms with Crippen molar-refractivity contribution in [2.75, 3.05) is 44.3 Å². The van der Waals surface area contributed by atoms with Gasteiger partial charge in [0.2, 0.25) is 26.6 Å². The number of ether oxygens (including phenoxy) is 2. The highest BCUT2D eigenvalue weighted by molar-refractivity contribution is 7.91. The molecule has 0 radical (unpaired) electrons. The van der Waals surface area contributed by atoms with Crippen LogP contribution in [0.4, 0.5) is 5.88 Å². The van der Waals surface area contributed by atoms with Crippen molar-refractivity contribution in [2.24, 2.45) is 0 Å². The zero-order chi connectivity index (χ0) is 26.1. The van der Waals surface area contributed by atoms with Crippen molar-refractivity contribution in [3.05, 3.63) is 83.4 Å². The van der Waals surface area contributed by atoms with Gasteiger partial charge in [-0.15, -0.1) is 0 Å². The monoisotopic (exact) mass is 551 g/mol. The number of halogens is 1. The van der Waals surface area contributed by atoms with Gasteiger partial charge in [0.25, 0.3) is 0 Å². The lowest BCUT2D eigenvalue weighted by Crippen LogP contribution is -2.46. The molecule has 2 aliphatic rings. The maximum absolute atomic E-state index is 13.9. The summed E-state index contributed by atoms with van der Waals surface area (Å²) < 4.78 is 45.2. The van der Waals surface area contributed by atoms with Crippen LogP contribution in [0.1, 0.15) is 5.56 Å². The van der Waals surface area contributed by atoms with Gasteiger partial charge in [0.1, 0.15) is 13.2 Å². The predicted molar refractivity (Wildman–Crippen MR) is 144 cm³/mol. The van der Waals surface area contributed by atoms with E-state index in [4.69, 9.17) is 25.5 Å². The van der Waals surface area contributed by atoms with Crippen molar-refractivity contribution in [3.8, 4) is 23.0 Å². The summed E-state index contributed by atoms with van der Waals surface area (Å²) in [4.78, 5) is 8.84. The van der Waals surface area contributed by atoms with Crippen molar-refractivity contribution < 1.29 is 22.3 Å². The topological polar surface area (TPSA) is 85.1 Å². The first-order valence-electron chi connectivity index (χ1n) is 12.4. The van der Waals surface area contributed by atoms with Gasteiger partial charge in [0.05, 0.1) is 15.5 Å². The van der Waals surface area contributed by atoms with Gasteiger partial charge in [-0.25, -0.2) is 8.42 Å². The van der Waals surface area contributed by atoms with E-state index in [9.17, 15) is 8.42 Å². The number of rotatable bonds is 6. The fourth-order valence-corrected chi connectivity index (χ4v) is 6.23. The SMILES string of the molecule is O=S(=O)(c1ccc2c(c1)OCCO2)c1nc(-c2ccccc2Cl)oc1N1CCN(Cc2ccccc2)CC1. The molecule has 0 unspecified atom stereocenters. The third kappa shape index (κ3) is 4.84. The Labute approximate surface area is 226 Å². The van der Waals surface area contributed by atoms with Gasteiger partial charge in [0.15, 0.2) is 11.5 Å². The molecule has 2 aliphatic heterocycles. The molecule has 1 fully saturated rings. The maximum atomic E-state index is 13.9. The molecule has 6 rings (SSSR count). The molecule has 3 aromatic carbocycles. The summed E-state index contributed by atoms with van der Waals surface area (Å²) in [5.41, 5.74) is 1.77. The van der Waals surface area contributed by atoms with Gasteiger partial charge in [0, 0.05) is 38.8 Å². The van der Waals surface area contributed by atoms with E-state index in [1.54, 1.807) is 24.3 Å². The van der Waals surface area contributed by atoms with Gasteiger partial charge in [-0.05, 0) is 29.8 Å². The first kappa shape index (κ1) is 24.8. The maximum Gasteiger partial charge on any atom is 0.236 e. The Hall–Kier alpha value is -3.53. The Kier molecular flexibility index (Phi) is 6.73. The summed E-state index contributed by atoms with van der Waals surface area (Å²) in [6.07, 6.45) is 0. The minimum atomic E-state index is -4.05. The van der Waals surface area contributed by atoms with Crippen LogP contribution in [0.3, 0.4) is 0 Å². The minimum absolute atomic E-state index is 0.0599. The number of aromatic nitrogens is 1. The molecule has 8 nitrogen and oxygen atoms in total. The normalized spacial score (nSPS) is 16.0. The summed E-state index contributed by atoms with van der Waals surface area (Å²) in [6.45, 7) is 4.29. The second kappa shape index (κ2) is 10.3. The molecule has 196 valence electrons. The molecular weight excluding hydrogens is 526 g/mol. The predicted octanol–water partition coefficient (Wildman–Crippen LogP) is 4.92. The highest BCUT2D eigenvalue weighted by Crippen LogP contribution is 2.39. The minimum Gasteiger partial charge on any atom is -0.486 e. The lowest BCUT2D eigenvalue weighted by atomic mass is 10.2. The van der Waals surface area contributed by atoms with Crippen LogP contribution in [0.15, 0.2) is 87.1 Å². The molecule has 0 bridgehead atoms. The lowest BCUT2D eigenvalue weighted by molar-refractivity contribution is 0.171. The molecule has 0 aliphatic carbocycles. The van der Waals surface area contributed by atoms with Gasteiger partial charge in [-0.3, -0.25) is 4.90 Å². The van der Waals surface area contributed by atoms with E-state index < -0.39 is 9.84 Å². The Balaban J connectivity index is 1.34. The van der Waals surface area contributed by atoms with Crippen LogP contribution in [-0.4, -0.2) is 57.7 Å². The van der Waals surface area contributed by atoms with Crippen LogP contribution < -0.4 is 14.4 Å². The fourth-order valence-electron chi connectivity index (χ4n) is 4.68. The number of hydrogen-bond donors (Lipinski definition) is 0. The third-order valence-electron chi connectivity index (χ3n) is 6.67. The molecule has 0 N–H and O–H groups in total. The average Bonchev–Trinajstić information content (AvgIpc) is 3.40. The summed E-state index contributed by atoms with van der Waals surface area (Å²) in [5.74, 6) is 1.28. The van der Waals surface area contributed by atoms with E-state index in [1.807, 2.05) is 29.2 Å². The van der Waals surface area contributed by atoms with E-state index in [0.29, 0.717) is 48.4 Å². The number of piperazine rings is 1. The molecule has 38 heavy (non-hydrogen) atoms. The van der Waals surface area contributed by atoms with Gasteiger partial charge in [-0.2, -0.15) is 4.98 Å². The number of sulfone groups is 1. The molecule has 1 aromatic heterocycles. The Bertz CT molecular complexity index is 1550. The molecule has 0 spiro atoms. The molecule has 0 atom stereocenters. The van der Waals surface area contributed by atoms with E-state index in [1.165, 1.54) is 17.7 Å². The summed E-state index contributed by atoms with van der Waals surface area (Å²) >= 11 is 6.41. The number of anilines is 1. The summed E-state index contributed by atoms with van der Waals surface area (Å²) in [6, 6.07) is 22.0. The zero-order valence-electron chi connectivity index (χ0n) is 20.5. The van der Waals surface area contributed by atoms with Gasteiger partial charge < -0.3 is 18.8 Å². The van der Waals surface area contributed by atoms with Crippen LogP contribution in [0.25, 0.3) is 11.5 Å². The second-order valence-electron chi connectivity index (χ2n) is 9.17. The fraction of sp³-hybridized carbons (Fsp3) is 0.250. The molecule has 1 saturated heterocycles. The highest BCUT2D eigenvalue weighted by atomic mass is 35.5. The quantitative estimate of drug-likeness (QED) is 0.334. The smallest absolute Gasteiger partial charge is 0.236 e. The number of nitrogens with zero attached hydrogens (tertiary/aromatic N) is 3. The lowest BCUT2D eigenvalue weighted by Gasteiger charge is -2.34. The van der Waals surface area contributed by atoms with Crippen molar-refractivity contribution in [2.45, 2.75) is 16.5 Å². The Morgan fingerprint density at radius 3 is 2.32 bits per heavy atom.